The van der Waals surface area contributed by atoms with Crippen LogP contribution in [-0.2, 0) is 15.1 Å². The van der Waals surface area contributed by atoms with E-state index in [1.165, 1.54) is 0 Å². The Kier molecular flexibility index (Phi) is 3.52. The van der Waals surface area contributed by atoms with E-state index in [-0.39, 0.29) is 6.10 Å². The lowest BCUT2D eigenvalue weighted by molar-refractivity contribution is -0.188. The van der Waals surface area contributed by atoms with Gasteiger partial charge in [0.15, 0.2) is 5.60 Å². The molecule has 3 heterocycles. The van der Waals surface area contributed by atoms with Crippen molar-refractivity contribution >= 4 is 5.97 Å². The number of hydrogen-bond donors (Lipinski definition) is 1. The zero-order valence-corrected chi connectivity index (χ0v) is 11.8. The monoisotopic (exact) mass is 275 g/mol. The first-order chi connectivity index (χ1) is 9.59. The van der Waals surface area contributed by atoms with Gasteiger partial charge in [0.1, 0.15) is 0 Å². The first-order valence-electron chi connectivity index (χ1n) is 7.29. The van der Waals surface area contributed by atoms with E-state index in [4.69, 9.17) is 4.74 Å². The van der Waals surface area contributed by atoms with Gasteiger partial charge >= 0.3 is 5.97 Å². The fourth-order valence-corrected chi connectivity index (χ4v) is 3.35. The van der Waals surface area contributed by atoms with Crippen LogP contribution in [0.4, 0.5) is 0 Å². The van der Waals surface area contributed by atoms with E-state index < -0.39 is 11.6 Å². The molecule has 0 amide bonds. The minimum Gasteiger partial charge on any atom is -0.479 e. The molecular weight excluding hydrogens is 254 g/mol. The van der Waals surface area contributed by atoms with Crippen LogP contribution in [0.2, 0.25) is 0 Å². The Morgan fingerprint density at radius 2 is 1.95 bits per heavy atom. The number of hydrogen-bond acceptors (Lipinski definition) is 3. The summed E-state index contributed by atoms with van der Waals surface area (Å²) in [6.45, 7) is 4.78. The molecule has 3 saturated heterocycles. The van der Waals surface area contributed by atoms with Gasteiger partial charge < -0.3 is 14.7 Å². The molecule has 0 spiro atoms. The molecule has 1 N–H and O–H groups in total. The molecule has 1 aromatic carbocycles. The second kappa shape index (κ2) is 5.19. The van der Waals surface area contributed by atoms with Crippen molar-refractivity contribution in [3.05, 3.63) is 35.9 Å². The number of ether oxygens (including phenoxy) is 1. The summed E-state index contributed by atoms with van der Waals surface area (Å²) in [5, 5.41) is 9.65. The van der Waals surface area contributed by atoms with Crippen molar-refractivity contribution < 1.29 is 14.6 Å². The summed E-state index contributed by atoms with van der Waals surface area (Å²) >= 11 is 0. The van der Waals surface area contributed by atoms with Crippen molar-refractivity contribution in [2.24, 2.45) is 5.92 Å². The van der Waals surface area contributed by atoms with Gasteiger partial charge in [0, 0.05) is 6.54 Å². The number of fused-ring (bicyclic) bond motifs is 3. The zero-order chi connectivity index (χ0) is 14.2. The van der Waals surface area contributed by atoms with Crippen molar-refractivity contribution in [2.45, 2.75) is 31.5 Å². The van der Waals surface area contributed by atoms with Crippen molar-refractivity contribution in [1.29, 1.82) is 0 Å². The summed E-state index contributed by atoms with van der Waals surface area (Å²) in [5.74, 6) is -0.414. The summed E-state index contributed by atoms with van der Waals surface area (Å²) in [6, 6.07) is 9.26. The molecule has 0 aliphatic carbocycles. The summed E-state index contributed by atoms with van der Waals surface area (Å²) in [7, 11) is 0. The lowest BCUT2D eigenvalue weighted by Crippen LogP contribution is -2.54. The van der Waals surface area contributed by atoms with Crippen LogP contribution in [0.1, 0.15) is 25.3 Å². The van der Waals surface area contributed by atoms with Crippen LogP contribution in [0.5, 0.6) is 0 Å². The molecule has 0 saturated carbocycles. The molecule has 4 heteroatoms. The van der Waals surface area contributed by atoms with Gasteiger partial charge in [-0.25, -0.2) is 4.79 Å². The molecule has 3 fully saturated rings. The largest absolute Gasteiger partial charge is 0.479 e. The first-order valence-corrected chi connectivity index (χ1v) is 7.29. The number of benzene rings is 1. The number of carboxylic acid groups (broad SMARTS) is 1. The van der Waals surface area contributed by atoms with Gasteiger partial charge in [0.25, 0.3) is 0 Å². The molecule has 1 aromatic rings. The molecule has 4 rings (SSSR count). The number of carbonyl (C=O) groups is 1. The first kappa shape index (κ1) is 13.6. The van der Waals surface area contributed by atoms with E-state index in [1.807, 2.05) is 30.3 Å². The van der Waals surface area contributed by atoms with Gasteiger partial charge in [-0.15, -0.1) is 0 Å². The summed E-state index contributed by atoms with van der Waals surface area (Å²) in [4.78, 5) is 14.1. The topological polar surface area (TPSA) is 49.8 Å². The highest BCUT2D eigenvalue weighted by Gasteiger charge is 2.43. The molecule has 2 bridgehead atoms. The average molecular weight is 275 g/mol. The quantitative estimate of drug-likeness (QED) is 0.914. The second-order valence-electron chi connectivity index (χ2n) is 6.00. The van der Waals surface area contributed by atoms with Crippen LogP contribution in [0.15, 0.2) is 30.3 Å². The molecule has 0 aromatic heterocycles. The Hall–Kier alpha value is -1.39. The van der Waals surface area contributed by atoms with E-state index in [0.29, 0.717) is 11.5 Å². The lowest BCUT2D eigenvalue weighted by Gasteiger charge is -2.46. The highest BCUT2D eigenvalue weighted by Crippen LogP contribution is 2.35. The zero-order valence-electron chi connectivity index (χ0n) is 11.8. The van der Waals surface area contributed by atoms with Gasteiger partial charge in [0.2, 0.25) is 0 Å². The third-order valence-electron chi connectivity index (χ3n) is 4.72. The predicted octanol–water partition coefficient (Wildman–Crippen LogP) is 2.10. The van der Waals surface area contributed by atoms with Crippen molar-refractivity contribution in [3.8, 4) is 0 Å². The van der Waals surface area contributed by atoms with Gasteiger partial charge in [-0.1, -0.05) is 30.3 Å². The Bertz CT molecular complexity index is 482. The van der Waals surface area contributed by atoms with Crippen molar-refractivity contribution in [3.63, 3.8) is 0 Å². The summed E-state index contributed by atoms with van der Waals surface area (Å²) in [5.41, 5.74) is -0.547. The molecule has 4 nitrogen and oxygen atoms in total. The molecule has 2 atom stereocenters. The van der Waals surface area contributed by atoms with Gasteiger partial charge in [0.05, 0.1) is 6.10 Å². The number of carboxylic acids is 1. The molecule has 3 aliphatic heterocycles. The molecule has 3 aliphatic rings. The number of aliphatic carboxylic acids is 1. The highest BCUT2D eigenvalue weighted by molar-refractivity contribution is 5.79. The summed E-state index contributed by atoms with van der Waals surface area (Å²) < 4.78 is 6.12. The third kappa shape index (κ3) is 2.34. The van der Waals surface area contributed by atoms with E-state index in [1.54, 1.807) is 6.92 Å². The van der Waals surface area contributed by atoms with Crippen LogP contribution in [0, 0.1) is 5.92 Å². The molecule has 108 valence electrons. The molecule has 20 heavy (non-hydrogen) atoms. The minimum atomic E-state index is -1.26. The fraction of sp³-hybridized carbons (Fsp3) is 0.562. The maximum atomic E-state index is 11.8. The molecular formula is C16H21NO3. The van der Waals surface area contributed by atoms with Crippen LogP contribution in [0.3, 0.4) is 0 Å². The van der Waals surface area contributed by atoms with Gasteiger partial charge in [-0.05, 0) is 44.3 Å². The fourth-order valence-electron chi connectivity index (χ4n) is 3.35. The predicted molar refractivity (Wildman–Crippen MR) is 75.5 cm³/mol. The van der Waals surface area contributed by atoms with E-state index in [0.717, 1.165) is 32.5 Å². The van der Waals surface area contributed by atoms with Crippen molar-refractivity contribution in [2.75, 3.05) is 19.6 Å². The van der Waals surface area contributed by atoms with Crippen LogP contribution < -0.4 is 0 Å². The molecule has 0 radical (unpaired) electrons. The van der Waals surface area contributed by atoms with Crippen molar-refractivity contribution in [1.82, 2.24) is 4.90 Å². The van der Waals surface area contributed by atoms with E-state index in [9.17, 15) is 9.90 Å². The third-order valence-corrected chi connectivity index (χ3v) is 4.72. The average Bonchev–Trinajstić information content (AvgIpc) is 2.49. The summed E-state index contributed by atoms with van der Waals surface area (Å²) in [6.07, 6.45) is 2.27. The SMILES string of the molecule is CC(OC1CN2CCC1CC2)(C(=O)O)c1ccccc1. The Morgan fingerprint density at radius 1 is 1.30 bits per heavy atom. The van der Waals surface area contributed by atoms with Gasteiger partial charge in [-0.3, -0.25) is 0 Å². The van der Waals surface area contributed by atoms with Crippen LogP contribution in [-0.4, -0.2) is 41.7 Å². The Labute approximate surface area is 119 Å². The normalized spacial score (nSPS) is 31.8. The van der Waals surface area contributed by atoms with E-state index in [2.05, 4.69) is 4.90 Å². The van der Waals surface area contributed by atoms with Crippen LogP contribution in [0.25, 0.3) is 0 Å². The number of rotatable bonds is 4. The maximum absolute atomic E-state index is 11.8. The highest BCUT2D eigenvalue weighted by atomic mass is 16.5. The maximum Gasteiger partial charge on any atom is 0.340 e. The Morgan fingerprint density at radius 3 is 2.45 bits per heavy atom. The van der Waals surface area contributed by atoms with Crippen LogP contribution >= 0.6 is 0 Å². The second-order valence-corrected chi connectivity index (χ2v) is 6.00. The standard InChI is InChI=1S/C16H21NO3/c1-16(15(18)19,13-5-3-2-4-6-13)20-14-11-17-9-7-12(14)8-10-17/h2-6,12,14H,7-11H2,1H3,(H,18,19). The molecule has 2 unspecified atom stereocenters. The van der Waals surface area contributed by atoms with E-state index >= 15 is 0 Å². The smallest absolute Gasteiger partial charge is 0.340 e. The lowest BCUT2D eigenvalue weighted by atomic mass is 9.85. The Balaban J connectivity index is 1.83. The van der Waals surface area contributed by atoms with Gasteiger partial charge in [-0.2, -0.15) is 0 Å². The number of nitrogens with zero attached hydrogens (tertiary/aromatic N) is 1. The number of piperidine rings is 3. The minimum absolute atomic E-state index is 0.0267.